The quantitative estimate of drug-likeness (QED) is 0.346. The molecule has 1 aromatic carbocycles. The molecule has 0 aliphatic heterocycles. The Bertz CT molecular complexity index is 988. The number of aryl methyl sites for hydroxylation is 1. The number of carbonyl (C=O) groups excluding carboxylic acids is 1. The van der Waals surface area contributed by atoms with E-state index in [1.165, 1.54) is 7.11 Å². The number of rotatable bonds is 3. The minimum atomic E-state index is -6.09. The van der Waals surface area contributed by atoms with Crippen molar-refractivity contribution < 1.29 is 50.1 Å². The van der Waals surface area contributed by atoms with Crippen molar-refractivity contribution in [2.45, 2.75) is 19.4 Å². The molecule has 28 heavy (non-hydrogen) atoms. The van der Waals surface area contributed by atoms with Gasteiger partial charge in [-0.3, -0.25) is 0 Å². The summed E-state index contributed by atoms with van der Waals surface area (Å²) in [6.45, 7) is 3.95. The molecule has 156 valence electrons. The fourth-order valence-corrected chi connectivity index (χ4v) is 2.18. The Labute approximate surface area is 158 Å². The Morgan fingerprint density at radius 1 is 1.29 bits per heavy atom. The van der Waals surface area contributed by atoms with E-state index in [0.29, 0.717) is 17.9 Å². The van der Waals surface area contributed by atoms with Gasteiger partial charge in [-0.1, -0.05) is 0 Å². The molecule has 0 fully saturated rings. The molecule has 1 N–H and O–H groups in total. The Morgan fingerprint density at radius 3 is 2.25 bits per heavy atom. The molecule has 1 heterocycles. The van der Waals surface area contributed by atoms with Gasteiger partial charge in [-0.05, 0) is 19.1 Å². The lowest BCUT2D eigenvalue weighted by atomic mass is 10.1. The number of phenolic OH excluding ortho intramolecular Hbond substituents is 1. The number of hydrogen-bond acceptors (Lipinski definition) is 7. The number of nitrogens with zero attached hydrogens (tertiary/aromatic N) is 1. The molecule has 0 spiro atoms. The van der Waals surface area contributed by atoms with Crippen molar-refractivity contribution in [1.82, 2.24) is 0 Å². The molecule has 0 amide bonds. The summed E-state index contributed by atoms with van der Waals surface area (Å²) in [5, 5.41) is 10.6. The predicted octanol–water partition coefficient (Wildman–Crippen LogP) is 1.92. The van der Waals surface area contributed by atoms with E-state index in [0.717, 1.165) is 16.6 Å². The monoisotopic (exact) mass is 425 g/mol. The fraction of sp³-hybridized carbons (Fsp3) is 0.375. The average Bonchev–Trinajstić information content (AvgIpc) is 2.56. The van der Waals surface area contributed by atoms with Crippen LogP contribution in [0.15, 0.2) is 18.2 Å². The maximum Gasteiger partial charge on any atom is 0.485 e. The number of pyridine rings is 1. The van der Waals surface area contributed by atoms with Crippen LogP contribution in [-0.4, -0.2) is 43.3 Å². The number of halogens is 3. The number of carbonyl (C=O) groups is 1. The molecule has 0 atom stereocenters. The van der Waals surface area contributed by atoms with E-state index in [2.05, 4.69) is 0 Å². The van der Waals surface area contributed by atoms with Crippen molar-refractivity contribution in [3.05, 3.63) is 29.5 Å². The molecule has 2 rings (SSSR count). The number of aromatic nitrogens is 1. The Kier molecular flexibility index (Phi) is 7.20. The maximum atomic E-state index is 11.9. The number of phenols is 1. The second-order valence-corrected chi connectivity index (χ2v) is 6.78. The van der Waals surface area contributed by atoms with Crippen LogP contribution < -0.4 is 9.30 Å². The number of esters is 1. The van der Waals surface area contributed by atoms with Crippen LogP contribution in [0.2, 0.25) is 0 Å². The van der Waals surface area contributed by atoms with Crippen LogP contribution in [0.25, 0.3) is 10.9 Å². The molecule has 8 nitrogen and oxygen atoms in total. The molecule has 0 aliphatic carbocycles. The molecular formula is C16H18F3NO7S. The zero-order chi connectivity index (χ0) is 21.9. The molecule has 0 unspecified atom stereocenters. The van der Waals surface area contributed by atoms with Gasteiger partial charge in [0.05, 0.1) is 25.2 Å². The van der Waals surface area contributed by atoms with E-state index in [9.17, 15) is 23.1 Å². The maximum absolute atomic E-state index is 11.9. The van der Waals surface area contributed by atoms with Gasteiger partial charge in [0.2, 0.25) is 5.52 Å². The van der Waals surface area contributed by atoms with Gasteiger partial charge >= 0.3 is 11.5 Å². The second-order valence-electron chi connectivity index (χ2n) is 5.41. The van der Waals surface area contributed by atoms with Gasteiger partial charge in [-0.15, -0.1) is 0 Å². The summed E-state index contributed by atoms with van der Waals surface area (Å²) < 4.78 is 70.9. The normalized spacial score (nSPS) is 11.6. The second kappa shape index (κ2) is 8.61. The van der Waals surface area contributed by atoms with Crippen molar-refractivity contribution in [1.29, 1.82) is 0 Å². The van der Waals surface area contributed by atoms with Crippen molar-refractivity contribution in [2.75, 3.05) is 13.7 Å². The molecule has 0 bridgehead atoms. The number of methoxy groups -OCH3 is 1. The first-order chi connectivity index (χ1) is 12.7. The number of aromatic hydroxyl groups is 1. The highest BCUT2D eigenvalue weighted by Crippen LogP contribution is 2.30. The largest absolute Gasteiger partial charge is 0.741 e. The lowest BCUT2D eigenvalue weighted by Crippen LogP contribution is -2.35. The summed E-state index contributed by atoms with van der Waals surface area (Å²) >= 11 is 0. The highest BCUT2D eigenvalue weighted by molar-refractivity contribution is 7.86. The highest BCUT2D eigenvalue weighted by atomic mass is 32.2. The van der Waals surface area contributed by atoms with Crippen LogP contribution in [0.4, 0.5) is 13.2 Å². The molecule has 2 aromatic rings. The van der Waals surface area contributed by atoms with Gasteiger partial charge in [0.15, 0.2) is 27.3 Å². The van der Waals surface area contributed by atoms with Crippen LogP contribution in [0.1, 0.15) is 23.0 Å². The molecule has 0 saturated carbocycles. The van der Waals surface area contributed by atoms with E-state index >= 15 is 0 Å². The summed E-state index contributed by atoms with van der Waals surface area (Å²) in [5.41, 5.74) is -3.49. The van der Waals surface area contributed by atoms with Crippen molar-refractivity contribution in [3.8, 4) is 11.5 Å². The number of benzene rings is 1. The smallest absolute Gasteiger partial charge is 0.485 e. The van der Waals surface area contributed by atoms with E-state index in [-0.39, 0.29) is 11.7 Å². The van der Waals surface area contributed by atoms with Gasteiger partial charge < -0.3 is 19.1 Å². The van der Waals surface area contributed by atoms with Crippen LogP contribution in [-0.2, 0) is 21.9 Å². The summed E-state index contributed by atoms with van der Waals surface area (Å²) in [6, 6.07) is 5.05. The van der Waals surface area contributed by atoms with Crippen molar-refractivity contribution in [2.24, 2.45) is 7.05 Å². The third kappa shape index (κ3) is 5.23. The first-order valence-electron chi connectivity index (χ1n) is 7.64. The summed E-state index contributed by atoms with van der Waals surface area (Å²) in [7, 11) is -2.73. The fourth-order valence-electron chi connectivity index (χ4n) is 2.18. The van der Waals surface area contributed by atoms with E-state index in [1.807, 2.05) is 18.5 Å². The predicted molar refractivity (Wildman–Crippen MR) is 89.8 cm³/mol. The van der Waals surface area contributed by atoms with Crippen LogP contribution in [0, 0.1) is 6.92 Å². The van der Waals surface area contributed by atoms with Gasteiger partial charge in [0, 0.05) is 6.92 Å². The van der Waals surface area contributed by atoms with Gasteiger partial charge in [0.1, 0.15) is 12.6 Å². The molecule has 0 radical (unpaired) electrons. The minimum Gasteiger partial charge on any atom is -0.741 e. The molecular weight excluding hydrogens is 407 g/mol. The molecule has 12 heteroatoms. The summed E-state index contributed by atoms with van der Waals surface area (Å²) in [6.07, 6.45) is 0. The third-order valence-corrected chi connectivity index (χ3v) is 4.23. The minimum absolute atomic E-state index is 0.0404. The Balaban J connectivity index is 0.000000416. The van der Waals surface area contributed by atoms with E-state index in [4.69, 9.17) is 22.4 Å². The Morgan fingerprint density at radius 2 is 1.82 bits per heavy atom. The number of alkyl halides is 3. The van der Waals surface area contributed by atoms with Crippen LogP contribution >= 0.6 is 0 Å². The summed E-state index contributed by atoms with van der Waals surface area (Å²) in [5.74, 6) is 0.0767. The first-order valence-corrected chi connectivity index (χ1v) is 9.05. The molecule has 0 aliphatic rings. The van der Waals surface area contributed by atoms with Gasteiger partial charge in [-0.2, -0.15) is 17.7 Å². The zero-order valence-electron chi connectivity index (χ0n) is 15.3. The standard InChI is InChI=1S/C15H17NO4.CHF3O3S/c1-5-20-15(18)11-6-10-7-13(17)14(19-4)8-12(10)16(3)9(11)2;2-1(3,4)8(5,6)7/h6-8H,5H2,1-4H3;(H,5,6,7). The topological polar surface area (TPSA) is 117 Å². The van der Waals surface area contributed by atoms with Gasteiger partial charge in [0.25, 0.3) is 0 Å². The highest BCUT2D eigenvalue weighted by Gasteiger charge is 2.36. The lowest BCUT2D eigenvalue weighted by Gasteiger charge is -2.09. The first kappa shape index (κ1) is 23.4. The van der Waals surface area contributed by atoms with Crippen LogP contribution in [0.3, 0.4) is 0 Å². The lowest BCUT2D eigenvalue weighted by molar-refractivity contribution is -0.651. The number of hydrogen-bond donors (Lipinski definition) is 1. The van der Waals surface area contributed by atoms with Gasteiger partial charge in [-0.25, -0.2) is 13.2 Å². The molecule has 1 aromatic heterocycles. The Hall–Kier alpha value is -2.60. The third-order valence-electron chi connectivity index (χ3n) is 3.66. The van der Waals surface area contributed by atoms with E-state index in [1.54, 1.807) is 25.1 Å². The van der Waals surface area contributed by atoms with E-state index < -0.39 is 15.6 Å². The van der Waals surface area contributed by atoms with Crippen molar-refractivity contribution in [3.63, 3.8) is 0 Å². The number of ether oxygens (including phenoxy) is 2. The SMILES string of the molecule is CCOC(=O)c1cc2cc(O)c(OC)cc2[n+](C)c1C.O=S(=O)([O-])C(F)(F)F. The van der Waals surface area contributed by atoms with Crippen LogP contribution in [0.5, 0.6) is 11.5 Å². The average molecular weight is 425 g/mol. The van der Waals surface area contributed by atoms with Crippen molar-refractivity contribution >= 4 is 27.0 Å². The summed E-state index contributed by atoms with van der Waals surface area (Å²) in [4.78, 5) is 11.9. The zero-order valence-corrected chi connectivity index (χ0v) is 16.1. The molecule has 0 saturated heterocycles. The number of fused-ring (bicyclic) bond motifs is 1.